The van der Waals surface area contributed by atoms with E-state index in [0.29, 0.717) is 10.0 Å². The number of carbonyl (C=O) groups is 1. The quantitative estimate of drug-likeness (QED) is 0.823. The number of aromatic amines is 1. The average molecular weight is 245 g/mol. The third-order valence-electron chi connectivity index (χ3n) is 1.57. The van der Waals surface area contributed by atoms with Crippen LogP contribution in [0.3, 0.4) is 0 Å². The molecule has 0 bridgehead atoms. The number of ether oxygens (including phenoxy) is 1. The zero-order valence-corrected chi connectivity index (χ0v) is 8.88. The van der Waals surface area contributed by atoms with Gasteiger partial charge in [-0.2, -0.15) is 5.10 Å². The minimum atomic E-state index is -0.503. The molecule has 0 spiro atoms. The van der Waals surface area contributed by atoms with Crippen LogP contribution in [0.1, 0.15) is 16.2 Å². The first-order valence-corrected chi connectivity index (χ1v) is 5.05. The van der Waals surface area contributed by atoms with Crippen molar-refractivity contribution in [3.63, 3.8) is 0 Å². The summed E-state index contributed by atoms with van der Waals surface area (Å²) < 4.78 is 8.96. The fourth-order valence-electron chi connectivity index (χ4n) is 0.864. The molecular weight excluding hydrogens is 240 g/mol. The Bertz CT molecular complexity index is 455. The zero-order chi connectivity index (χ0) is 10.7. The second-order valence-electron chi connectivity index (χ2n) is 2.54. The van der Waals surface area contributed by atoms with Crippen molar-refractivity contribution in [2.75, 3.05) is 0 Å². The Balaban J connectivity index is 1.95. The fraction of sp³-hybridized carbons (Fsp3) is 0.143. The topological polar surface area (TPSA) is 80.8 Å². The van der Waals surface area contributed by atoms with E-state index in [2.05, 4.69) is 19.8 Å². The number of nitrogens with one attached hydrogen (secondary N) is 1. The lowest BCUT2D eigenvalue weighted by Crippen LogP contribution is -2.06. The van der Waals surface area contributed by atoms with Crippen molar-refractivity contribution >= 4 is 29.1 Å². The van der Waals surface area contributed by atoms with Gasteiger partial charge < -0.3 is 4.74 Å². The molecular formula is C7H5ClN4O2S. The van der Waals surface area contributed by atoms with Crippen molar-refractivity contribution in [2.24, 2.45) is 0 Å². The van der Waals surface area contributed by atoms with Crippen molar-refractivity contribution in [3.05, 3.63) is 28.0 Å². The monoisotopic (exact) mass is 244 g/mol. The van der Waals surface area contributed by atoms with Crippen LogP contribution in [-0.4, -0.2) is 25.8 Å². The molecule has 0 aliphatic heterocycles. The third-order valence-corrected chi connectivity index (χ3v) is 2.55. The highest BCUT2D eigenvalue weighted by atomic mass is 35.5. The van der Waals surface area contributed by atoms with E-state index in [1.54, 1.807) is 0 Å². The van der Waals surface area contributed by atoms with Gasteiger partial charge in [0.1, 0.15) is 22.3 Å². The Morgan fingerprint density at radius 3 is 3.13 bits per heavy atom. The molecule has 2 aromatic heterocycles. The highest BCUT2D eigenvalue weighted by Gasteiger charge is 2.11. The highest BCUT2D eigenvalue weighted by molar-refractivity contribution is 7.10. The lowest BCUT2D eigenvalue weighted by Gasteiger charge is -1.99. The SMILES string of the molecule is O=C(OCc1nnsc1Cl)c1ccn[nH]1. The summed E-state index contributed by atoms with van der Waals surface area (Å²) in [5, 5.41) is 9.82. The predicted molar refractivity (Wildman–Crippen MR) is 52.6 cm³/mol. The number of aromatic nitrogens is 4. The molecule has 0 aliphatic rings. The Morgan fingerprint density at radius 2 is 2.53 bits per heavy atom. The number of esters is 1. The van der Waals surface area contributed by atoms with Crippen LogP contribution in [0.15, 0.2) is 12.3 Å². The standard InChI is InChI=1S/C7H5ClN4O2S/c8-6-5(11-12-15-6)3-14-7(13)4-1-2-9-10-4/h1-2H,3H2,(H,9,10). The van der Waals surface area contributed by atoms with Gasteiger partial charge in [-0.05, 0) is 6.07 Å². The molecule has 0 saturated carbocycles. The Morgan fingerprint density at radius 1 is 1.67 bits per heavy atom. The molecule has 2 aromatic rings. The first-order valence-electron chi connectivity index (χ1n) is 3.90. The first kappa shape index (κ1) is 10.1. The summed E-state index contributed by atoms with van der Waals surface area (Å²) in [5.74, 6) is -0.503. The summed E-state index contributed by atoms with van der Waals surface area (Å²) in [6.07, 6.45) is 1.47. The van der Waals surface area contributed by atoms with Gasteiger partial charge in [0, 0.05) is 17.7 Å². The molecule has 0 atom stereocenters. The van der Waals surface area contributed by atoms with Gasteiger partial charge in [0.2, 0.25) is 0 Å². The van der Waals surface area contributed by atoms with Crippen molar-refractivity contribution in [1.29, 1.82) is 0 Å². The number of carbonyl (C=O) groups excluding carboxylic acids is 1. The molecule has 2 heterocycles. The van der Waals surface area contributed by atoms with Gasteiger partial charge in [0.05, 0.1) is 0 Å². The molecule has 0 amide bonds. The molecule has 6 nitrogen and oxygen atoms in total. The van der Waals surface area contributed by atoms with Gasteiger partial charge in [0.25, 0.3) is 0 Å². The number of halogens is 1. The minimum absolute atomic E-state index is 0.00713. The predicted octanol–water partition coefficient (Wildman–Crippen LogP) is 1.27. The minimum Gasteiger partial charge on any atom is -0.454 e. The summed E-state index contributed by atoms with van der Waals surface area (Å²) in [6, 6.07) is 1.52. The Kier molecular flexibility index (Phi) is 2.93. The number of rotatable bonds is 3. The first-order chi connectivity index (χ1) is 7.27. The summed E-state index contributed by atoms with van der Waals surface area (Å²) in [4.78, 5) is 11.3. The summed E-state index contributed by atoms with van der Waals surface area (Å²) in [6.45, 7) is 0.00713. The molecule has 0 fully saturated rings. The molecule has 1 N–H and O–H groups in total. The second-order valence-corrected chi connectivity index (χ2v) is 3.90. The lowest BCUT2D eigenvalue weighted by atomic mass is 10.4. The smallest absolute Gasteiger partial charge is 0.356 e. The molecule has 2 rings (SSSR count). The van der Waals surface area contributed by atoms with Gasteiger partial charge >= 0.3 is 5.97 Å². The van der Waals surface area contributed by atoms with Crippen molar-refractivity contribution in [1.82, 2.24) is 19.8 Å². The summed E-state index contributed by atoms with van der Waals surface area (Å²) >= 11 is 6.78. The molecule has 15 heavy (non-hydrogen) atoms. The van der Waals surface area contributed by atoms with E-state index in [1.807, 2.05) is 0 Å². The van der Waals surface area contributed by atoms with Gasteiger partial charge in [0.15, 0.2) is 0 Å². The zero-order valence-electron chi connectivity index (χ0n) is 7.31. The van der Waals surface area contributed by atoms with Gasteiger partial charge in [-0.1, -0.05) is 16.1 Å². The summed E-state index contributed by atoms with van der Waals surface area (Å²) in [7, 11) is 0. The van der Waals surface area contributed by atoms with Crippen LogP contribution < -0.4 is 0 Å². The van der Waals surface area contributed by atoms with E-state index in [0.717, 1.165) is 11.5 Å². The number of hydrogen-bond donors (Lipinski definition) is 1. The van der Waals surface area contributed by atoms with Crippen LogP contribution in [0.4, 0.5) is 0 Å². The largest absolute Gasteiger partial charge is 0.454 e. The van der Waals surface area contributed by atoms with Crippen LogP contribution in [-0.2, 0) is 11.3 Å². The van der Waals surface area contributed by atoms with E-state index in [1.165, 1.54) is 12.3 Å². The molecule has 8 heteroatoms. The lowest BCUT2D eigenvalue weighted by molar-refractivity contribution is 0.0461. The molecule has 0 unspecified atom stereocenters. The molecule has 78 valence electrons. The fourth-order valence-corrected chi connectivity index (χ4v) is 1.47. The molecule has 0 aliphatic carbocycles. The van der Waals surface area contributed by atoms with Crippen molar-refractivity contribution in [2.45, 2.75) is 6.61 Å². The van der Waals surface area contributed by atoms with Crippen molar-refractivity contribution < 1.29 is 9.53 Å². The molecule has 0 saturated heterocycles. The summed E-state index contributed by atoms with van der Waals surface area (Å²) in [5.41, 5.74) is 0.740. The second kappa shape index (κ2) is 4.37. The van der Waals surface area contributed by atoms with Crippen LogP contribution >= 0.6 is 23.1 Å². The van der Waals surface area contributed by atoms with Crippen LogP contribution in [0, 0.1) is 0 Å². The highest BCUT2D eigenvalue weighted by Crippen LogP contribution is 2.18. The van der Waals surface area contributed by atoms with Gasteiger partial charge in [-0.3, -0.25) is 5.10 Å². The molecule has 0 aromatic carbocycles. The Hall–Kier alpha value is -1.47. The van der Waals surface area contributed by atoms with Crippen molar-refractivity contribution in [3.8, 4) is 0 Å². The van der Waals surface area contributed by atoms with Crippen LogP contribution in [0.25, 0.3) is 0 Å². The number of hydrogen-bond acceptors (Lipinski definition) is 6. The van der Waals surface area contributed by atoms with E-state index < -0.39 is 5.97 Å². The van der Waals surface area contributed by atoms with E-state index in [4.69, 9.17) is 16.3 Å². The third kappa shape index (κ3) is 2.31. The maximum atomic E-state index is 11.3. The van der Waals surface area contributed by atoms with Crippen LogP contribution in [0.2, 0.25) is 4.34 Å². The Labute approximate surface area is 93.4 Å². The van der Waals surface area contributed by atoms with Gasteiger partial charge in [-0.15, -0.1) is 5.10 Å². The average Bonchev–Trinajstić information content (AvgIpc) is 2.85. The number of nitrogens with zero attached hydrogens (tertiary/aromatic N) is 3. The maximum Gasteiger partial charge on any atom is 0.356 e. The molecule has 0 radical (unpaired) electrons. The van der Waals surface area contributed by atoms with Crippen LogP contribution in [0.5, 0.6) is 0 Å². The normalized spacial score (nSPS) is 10.2. The number of H-pyrrole nitrogens is 1. The van der Waals surface area contributed by atoms with Gasteiger partial charge in [-0.25, -0.2) is 4.79 Å². The van der Waals surface area contributed by atoms with E-state index in [9.17, 15) is 4.79 Å². The van der Waals surface area contributed by atoms with E-state index >= 15 is 0 Å². The van der Waals surface area contributed by atoms with E-state index in [-0.39, 0.29) is 12.3 Å². The maximum absolute atomic E-state index is 11.3.